The van der Waals surface area contributed by atoms with Crippen LogP contribution in [0.15, 0.2) is 24.3 Å². The van der Waals surface area contributed by atoms with Crippen LogP contribution in [0.4, 0.5) is 5.69 Å². The van der Waals surface area contributed by atoms with Crippen LogP contribution in [-0.4, -0.2) is 102 Å². The summed E-state index contributed by atoms with van der Waals surface area (Å²) in [5.74, 6) is 1.99. The second-order valence-electron chi connectivity index (χ2n) is 8.80. The molecule has 9 heteroatoms. The Kier molecular flexibility index (Phi) is 7.70. The van der Waals surface area contributed by atoms with Gasteiger partial charge in [0.1, 0.15) is 0 Å². The molecule has 1 aromatic carbocycles. The number of carbonyl (C=O) groups is 3. The van der Waals surface area contributed by atoms with Gasteiger partial charge in [0.05, 0.1) is 12.6 Å². The van der Waals surface area contributed by atoms with Crippen LogP contribution in [0, 0.1) is 0 Å². The van der Waals surface area contributed by atoms with E-state index in [1.165, 1.54) is 0 Å². The molecule has 0 spiro atoms. The average Bonchev–Trinajstić information content (AvgIpc) is 3.63. The Bertz CT molecular complexity index is 833. The van der Waals surface area contributed by atoms with E-state index in [4.69, 9.17) is 0 Å². The van der Waals surface area contributed by atoms with Gasteiger partial charge >= 0.3 is 0 Å². The van der Waals surface area contributed by atoms with E-state index in [9.17, 15) is 14.4 Å². The molecule has 3 aliphatic rings. The van der Waals surface area contributed by atoms with E-state index in [1.54, 1.807) is 12.1 Å². The third-order valence-electron chi connectivity index (χ3n) is 6.32. The summed E-state index contributed by atoms with van der Waals surface area (Å²) in [6.07, 6.45) is 2.19. The molecule has 0 bridgehead atoms. The standard InChI is InChI=1S/C23H33N5O3S/c1-17(22(30)25-19-5-6-19)27-9-7-26(8-10-27)16-21(29)24-20-4-2-3-18(15-20)23(31)28-11-13-32-14-12-28/h2-4,15,17,19H,5-14,16H2,1H3,(H,24,29)(H,25,30). The highest BCUT2D eigenvalue weighted by atomic mass is 32.2. The summed E-state index contributed by atoms with van der Waals surface area (Å²) in [6.45, 7) is 6.84. The molecule has 3 amide bonds. The molecule has 2 heterocycles. The van der Waals surface area contributed by atoms with Crippen molar-refractivity contribution in [1.29, 1.82) is 0 Å². The summed E-state index contributed by atoms with van der Waals surface area (Å²) in [5, 5.41) is 6.00. The molecule has 0 radical (unpaired) electrons. The molecule has 174 valence electrons. The van der Waals surface area contributed by atoms with Gasteiger partial charge in [0.25, 0.3) is 5.91 Å². The zero-order valence-corrected chi connectivity index (χ0v) is 19.5. The summed E-state index contributed by atoms with van der Waals surface area (Å²) >= 11 is 1.87. The second-order valence-corrected chi connectivity index (χ2v) is 10.0. The molecule has 8 nitrogen and oxygen atoms in total. The zero-order valence-electron chi connectivity index (χ0n) is 18.7. The van der Waals surface area contributed by atoms with Crippen LogP contribution in [0.25, 0.3) is 0 Å². The fourth-order valence-electron chi connectivity index (χ4n) is 4.11. The van der Waals surface area contributed by atoms with Gasteiger partial charge in [-0.3, -0.25) is 24.2 Å². The first-order valence-corrected chi connectivity index (χ1v) is 12.7. The molecule has 0 aromatic heterocycles. The van der Waals surface area contributed by atoms with E-state index in [-0.39, 0.29) is 23.8 Å². The van der Waals surface area contributed by atoms with Crippen LogP contribution in [0.1, 0.15) is 30.1 Å². The van der Waals surface area contributed by atoms with Crippen molar-refractivity contribution in [3.63, 3.8) is 0 Å². The van der Waals surface area contributed by atoms with Crippen molar-refractivity contribution >= 4 is 35.2 Å². The summed E-state index contributed by atoms with van der Waals surface area (Å²) < 4.78 is 0. The number of benzene rings is 1. The van der Waals surface area contributed by atoms with Gasteiger partial charge in [-0.1, -0.05) is 6.07 Å². The summed E-state index contributed by atoms with van der Waals surface area (Å²) in [7, 11) is 0. The average molecular weight is 460 g/mol. The van der Waals surface area contributed by atoms with Crippen LogP contribution in [0.5, 0.6) is 0 Å². The fraction of sp³-hybridized carbons (Fsp3) is 0.609. The Morgan fingerprint density at radius 2 is 1.78 bits per heavy atom. The third-order valence-corrected chi connectivity index (χ3v) is 7.26. The second kappa shape index (κ2) is 10.7. The van der Waals surface area contributed by atoms with Crippen LogP contribution in [0.3, 0.4) is 0 Å². The molecule has 1 saturated carbocycles. The van der Waals surface area contributed by atoms with Gasteiger partial charge in [-0.25, -0.2) is 0 Å². The lowest BCUT2D eigenvalue weighted by molar-refractivity contribution is -0.127. The summed E-state index contributed by atoms with van der Waals surface area (Å²) in [6, 6.07) is 7.44. The minimum Gasteiger partial charge on any atom is -0.352 e. The monoisotopic (exact) mass is 459 g/mol. The lowest BCUT2D eigenvalue weighted by atomic mass is 10.1. The van der Waals surface area contributed by atoms with E-state index < -0.39 is 0 Å². The minimum atomic E-state index is -0.134. The smallest absolute Gasteiger partial charge is 0.253 e. The predicted octanol–water partition coefficient (Wildman–Crippen LogP) is 1.10. The van der Waals surface area contributed by atoms with E-state index in [0.29, 0.717) is 23.8 Å². The molecule has 1 aromatic rings. The molecule has 2 N–H and O–H groups in total. The number of hydrogen-bond acceptors (Lipinski definition) is 6. The quantitative estimate of drug-likeness (QED) is 0.635. The maximum atomic E-state index is 12.7. The first-order valence-electron chi connectivity index (χ1n) is 11.5. The number of amides is 3. The molecule has 3 fully saturated rings. The summed E-state index contributed by atoms with van der Waals surface area (Å²) in [4.78, 5) is 43.7. The number of nitrogens with zero attached hydrogens (tertiary/aromatic N) is 3. The van der Waals surface area contributed by atoms with Crippen LogP contribution in [0.2, 0.25) is 0 Å². The number of piperazine rings is 1. The van der Waals surface area contributed by atoms with E-state index >= 15 is 0 Å². The minimum absolute atomic E-state index is 0.0253. The van der Waals surface area contributed by atoms with Crippen molar-refractivity contribution in [3.05, 3.63) is 29.8 Å². The highest BCUT2D eigenvalue weighted by Crippen LogP contribution is 2.19. The van der Waals surface area contributed by atoms with Gasteiger partial charge in [-0.05, 0) is 38.0 Å². The maximum Gasteiger partial charge on any atom is 0.253 e. The van der Waals surface area contributed by atoms with Gasteiger partial charge in [0.2, 0.25) is 11.8 Å². The first-order chi connectivity index (χ1) is 15.5. The van der Waals surface area contributed by atoms with Crippen LogP contribution < -0.4 is 10.6 Å². The first kappa shape index (κ1) is 23.1. The Morgan fingerprint density at radius 1 is 1.06 bits per heavy atom. The maximum absolute atomic E-state index is 12.7. The van der Waals surface area contributed by atoms with Gasteiger partial charge in [-0.2, -0.15) is 11.8 Å². The molecule has 32 heavy (non-hydrogen) atoms. The van der Waals surface area contributed by atoms with E-state index in [2.05, 4.69) is 20.4 Å². The zero-order chi connectivity index (χ0) is 22.5. The van der Waals surface area contributed by atoms with Crippen molar-refractivity contribution < 1.29 is 14.4 Å². The van der Waals surface area contributed by atoms with Crippen molar-refractivity contribution in [2.24, 2.45) is 0 Å². The lowest BCUT2D eigenvalue weighted by Crippen LogP contribution is -2.55. The number of thioether (sulfide) groups is 1. The SMILES string of the molecule is CC(C(=O)NC1CC1)N1CCN(CC(=O)Nc2cccc(C(=O)N3CCSCC3)c2)CC1. The van der Waals surface area contributed by atoms with Gasteiger partial charge in [0.15, 0.2) is 0 Å². The molecule has 1 unspecified atom stereocenters. The topological polar surface area (TPSA) is 85.0 Å². The Balaban J connectivity index is 1.23. The number of rotatable bonds is 7. The van der Waals surface area contributed by atoms with E-state index in [1.807, 2.05) is 35.7 Å². The molecule has 4 rings (SSSR count). The molecule has 1 aliphatic carbocycles. The Labute approximate surface area is 194 Å². The number of carbonyl (C=O) groups excluding carboxylic acids is 3. The van der Waals surface area contributed by atoms with Crippen molar-refractivity contribution in [2.75, 3.05) is 62.6 Å². The van der Waals surface area contributed by atoms with Crippen molar-refractivity contribution in [2.45, 2.75) is 31.8 Å². The van der Waals surface area contributed by atoms with E-state index in [0.717, 1.165) is 63.6 Å². The third kappa shape index (κ3) is 6.24. The van der Waals surface area contributed by atoms with Gasteiger partial charge in [0, 0.05) is 68.1 Å². The molecular formula is C23H33N5O3S. The van der Waals surface area contributed by atoms with Crippen molar-refractivity contribution in [3.8, 4) is 0 Å². The number of anilines is 1. The Hall–Kier alpha value is -2.10. The highest BCUT2D eigenvalue weighted by Gasteiger charge is 2.30. The van der Waals surface area contributed by atoms with Gasteiger partial charge < -0.3 is 15.5 Å². The Morgan fingerprint density at radius 3 is 2.47 bits per heavy atom. The molecule has 2 saturated heterocycles. The largest absolute Gasteiger partial charge is 0.352 e. The molecule has 2 aliphatic heterocycles. The highest BCUT2D eigenvalue weighted by molar-refractivity contribution is 7.99. The summed E-state index contributed by atoms with van der Waals surface area (Å²) in [5.41, 5.74) is 1.26. The van der Waals surface area contributed by atoms with Gasteiger partial charge in [-0.15, -0.1) is 0 Å². The molecule has 1 atom stereocenters. The number of nitrogens with one attached hydrogen (secondary N) is 2. The predicted molar refractivity (Wildman–Crippen MR) is 127 cm³/mol. The lowest BCUT2D eigenvalue weighted by Gasteiger charge is -2.37. The van der Waals surface area contributed by atoms with Crippen LogP contribution >= 0.6 is 11.8 Å². The van der Waals surface area contributed by atoms with Crippen molar-refractivity contribution in [1.82, 2.24) is 20.0 Å². The fourth-order valence-corrected chi connectivity index (χ4v) is 5.01. The number of hydrogen-bond donors (Lipinski definition) is 2. The molecular weight excluding hydrogens is 426 g/mol. The van der Waals surface area contributed by atoms with Crippen LogP contribution in [-0.2, 0) is 9.59 Å². The normalized spacial score (nSPS) is 21.1.